The Kier molecular flexibility index (Phi) is 5.82. The summed E-state index contributed by atoms with van der Waals surface area (Å²) in [4.78, 5) is 8.50. The maximum atomic E-state index is 5.65. The predicted octanol–water partition coefficient (Wildman–Crippen LogP) is 3.10. The lowest BCUT2D eigenvalue weighted by atomic mass is 10.3. The summed E-state index contributed by atoms with van der Waals surface area (Å²) in [5, 5.41) is 6.55. The third-order valence-corrected chi connectivity index (χ3v) is 3.05. The highest BCUT2D eigenvalue weighted by Gasteiger charge is 2.05. The average molecular weight is 286 g/mol. The normalized spacial score (nSPS) is 10.2. The fourth-order valence-corrected chi connectivity index (χ4v) is 1.96. The maximum Gasteiger partial charge on any atom is 0.134 e. The minimum Gasteiger partial charge on any atom is -0.494 e. The van der Waals surface area contributed by atoms with Gasteiger partial charge < -0.3 is 15.4 Å². The molecule has 0 saturated heterocycles. The van der Waals surface area contributed by atoms with Gasteiger partial charge in [0.15, 0.2) is 0 Å². The van der Waals surface area contributed by atoms with Crippen LogP contribution in [0.5, 0.6) is 5.75 Å². The minimum absolute atomic E-state index is 0.682. The number of para-hydroxylation sites is 1. The Morgan fingerprint density at radius 3 is 2.48 bits per heavy atom. The van der Waals surface area contributed by atoms with Crippen LogP contribution < -0.4 is 15.4 Å². The molecule has 0 saturated carbocycles. The first-order valence-electron chi connectivity index (χ1n) is 7.28. The molecule has 5 heteroatoms. The van der Waals surface area contributed by atoms with Gasteiger partial charge in [0.05, 0.1) is 6.61 Å². The highest BCUT2D eigenvalue weighted by atomic mass is 16.5. The fraction of sp³-hybridized carbons (Fsp3) is 0.375. The second-order valence-electron chi connectivity index (χ2n) is 4.67. The van der Waals surface area contributed by atoms with Crippen LogP contribution in [0.4, 0.5) is 11.6 Å². The zero-order chi connectivity index (χ0) is 14.9. The highest BCUT2D eigenvalue weighted by molar-refractivity contribution is 5.56. The van der Waals surface area contributed by atoms with Crippen LogP contribution in [0.15, 0.2) is 36.7 Å². The molecule has 1 aromatic heterocycles. The van der Waals surface area contributed by atoms with Gasteiger partial charge >= 0.3 is 0 Å². The number of hydrogen-bond donors (Lipinski definition) is 2. The number of anilines is 2. The fourth-order valence-electron chi connectivity index (χ4n) is 1.96. The molecule has 0 aliphatic rings. The molecule has 0 atom stereocenters. The monoisotopic (exact) mass is 286 g/mol. The van der Waals surface area contributed by atoms with Crippen LogP contribution >= 0.6 is 0 Å². The summed E-state index contributed by atoms with van der Waals surface area (Å²) in [7, 11) is 0. The molecule has 0 radical (unpaired) electrons. The van der Waals surface area contributed by atoms with Crippen molar-refractivity contribution in [3.63, 3.8) is 0 Å². The number of benzene rings is 1. The molecule has 0 unspecified atom stereocenters. The third kappa shape index (κ3) is 4.63. The Labute approximate surface area is 125 Å². The summed E-state index contributed by atoms with van der Waals surface area (Å²) in [6.07, 6.45) is 2.49. The minimum atomic E-state index is 0.682. The molecule has 2 N–H and O–H groups in total. The summed E-state index contributed by atoms with van der Waals surface area (Å²) in [6, 6.07) is 9.85. The van der Waals surface area contributed by atoms with Crippen LogP contribution in [0.25, 0.3) is 0 Å². The van der Waals surface area contributed by atoms with Crippen molar-refractivity contribution in [3.05, 3.63) is 42.2 Å². The third-order valence-electron chi connectivity index (χ3n) is 3.05. The molecule has 112 valence electrons. The van der Waals surface area contributed by atoms with E-state index in [4.69, 9.17) is 4.74 Å². The zero-order valence-corrected chi connectivity index (χ0v) is 12.6. The van der Waals surface area contributed by atoms with Crippen LogP contribution in [0.2, 0.25) is 0 Å². The second kappa shape index (κ2) is 8.09. The van der Waals surface area contributed by atoms with E-state index in [9.17, 15) is 0 Å². The Morgan fingerprint density at radius 2 is 1.76 bits per heavy atom. The Hall–Kier alpha value is -2.30. The van der Waals surface area contributed by atoms with E-state index in [-0.39, 0.29) is 0 Å². The number of hydrogen-bond acceptors (Lipinski definition) is 5. The first-order valence-corrected chi connectivity index (χ1v) is 7.28. The molecule has 5 nitrogen and oxygen atoms in total. The van der Waals surface area contributed by atoms with Crippen molar-refractivity contribution < 1.29 is 4.74 Å². The maximum absolute atomic E-state index is 5.65. The van der Waals surface area contributed by atoms with Crippen LogP contribution in [0.3, 0.4) is 0 Å². The van der Waals surface area contributed by atoms with Gasteiger partial charge in [-0.15, -0.1) is 0 Å². The van der Waals surface area contributed by atoms with Gasteiger partial charge in [-0.2, -0.15) is 0 Å². The number of ether oxygens (including phenoxy) is 1. The Bertz CT molecular complexity index is 545. The quantitative estimate of drug-likeness (QED) is 0.730. The molecular formula is C16H22N4O. The lowest BCUT2D eigenvalue weighted by Gasteiger charge is -2.12. The van der Waals surface area contributed by atoms with Gasteiger partial charge in [0, 0.05) is 18.7 Å². The molecule has 1 aromatic carbocycles. The summed E-state index contributed by atoms with van der Waals surface area (Å²) < 4.78 is 5.65. The zero-order valence-electron chi connectivity index (χ0n) is 12.6. The molecule has 0 spiro atoms. The van der Waals surface area contributed by atoms with Crippen molar-refractivity contribution in [1.29, 1.82) is 0 Å². The van der Waals surface area contributed by atoms with Crippen molar-refractivity contribution in [2.24, 2.45) is 0 Å². The van der Waals surface area contributed by atoms with E-state index in [0.717, 1.165) is 42.5 Å². The smallest absolute Gasteiger partial charge is 0.134 e. The van der Waals surface area contributed by atoms with E-state index < -0.39 is 0 Å². The Morgan fingerprint density at radius 1 is 1.05 bits per heavy atom. The number of nitrogens with one attached hydrogen (secondary N) is 2. The molecule has 0 aliphatic heterocycles. The Balaban J connectivity index is 1.75. The molecule has 1 heterocycles. The summed E-state index contributed by atoms with van der Waals surface area (Å²) >= 11 is 0. The summed E-state index contributed by atoms with van der Waals surface area (Å²) in [5.74, 6) is 2.67. The van der Waals surface area contributed by atoms with Crippen LogP contribution in [-0.2, 0) is 0 Å². The predicted molar refractivity (Wildman–Crippen MR) is 86.0 cm³/mol. The van der Waals surface area contributed by atoms with Gasteiger partial charge in [0.2, 0.25) is 0 Å². The van der Waals surface area contributed by atoms with E-state index in [1.54, 1.807) is 6.33 Å². The van der Waals surface area contributed by atoms with Crippen LogP contribution in [0.1, 0.15) is 18.9 Å². The van der Waals surface area contributed by atoms with Crippen molar-refractivity contribution >= 4 is 11.6 Å². The van der Waals surface area contributed by atoms with E-state index in [0.29, 0.717) is 6.61 Å². The molecule has 2 rings (SSSR count). The SMILES string of the molecule is CCNc1ncnc(NCCCOc2ccccc2)c1C. The second-order valence-corrected chi connectivity index (χ2v) is 4.67. The van der Waals surface area contributed by atoms with Gasteiger partial charge in [0.1, 0.15) is 23.7 Å². The van der Waals surface area contributed by atoms with Gasteiger partial charge in [0.25, 0.3) is 0 Å². The van der Waals surface area contributed by atoms with E-state index >= 15 is 0 Å². The lowest BCUT2D eigenvalue weighted by molar-refractivity contribution is 0.315. The van der Waals surface area contributed by atoms with Crippen LogP contribution in [0, 0.1) is 6.92 Å². The summed E-state index contributed by atoms with van der Waals surface area (Å²) in [5.41, 5.74) is 1.04. The molecule has 2 aromatic rings. The number of rotatable bonds is 8. The largest absolute Gasteiger partial charge is 0.494 e. The van der Waals surface area contributed by atoms with Crippen molar-refractivity contribution in [2.75, 3.05) is 30.3 Å². The van der Waals surface area contributed by atoms with Crippen molar-refractivity contribution in [2.45, 2.75) is 20.3 Å². The molecule has 0 amide bonds. The van der Waals surface area contributed by atoms with Crippen LogP contribution in [-0.4, -0.2) is 29.7 Å². The van der Waals surface area contributed by atoms with Gasteiger partial charge in [-0.3, -0.25) is 0 Å². The van der Waals surface area contributed by atoms with E-state index in [2.05, 4.69) is 27.5 Å². The summed E-state index contributed by atoms with van der Waals surface area (Å²) in [6.45, 7) is 6.41. The number of nitrogens with zero attached hydrogens (tertiary/aromatic N) is 2. The number of aromatic nitrogens is 2. The topological polar surface area (TPSA) is 59.1 Å². The average Bonchev–Trinajstić information content (AvgIpc) is 2.51. The van der Waals surface area contributed by atoms with E-state index in [1.165, 1.54) is 0 Å². The van der Waals surface area contributed by atoms with Gasteiger partial charge in [-0.1, -0.05) is 18.2 Å². The molecule has 21 heavy (non-hydrogen) atoms. The first-order chi connectivity index (χ1) is 10.3. The highest BCUT2D eigenvalue weighted by Crippen LogP contribution is 2.17. The van der Waals surface area contributed by atoms with Gasteiger partial charge in [-0.25, -0.2) is 9.97 Å². The lowest BCUT2D eigenvalue weighted by Crippen LogP contribution is -2.11. The van der Waals surface area contributed by atoms with Gasteiger partial charge in [-0.05, 0) is 32.4 Å². The van der Waals surface area contributed by atoms with Crippen molar-refractivity contribution in [1.82, 2.24) is 9.97 Å². The van der Waals surface area contributed by atoms with E-state index in [1.807, 2.05) is 37.3 Å². The molecule has 0 fully saturated rings. The standard InChI is InChI=1S/C16H22N4O/c1-3-17-15-13(2)16(20-12-19-15)18-10-7-11-21-14-8-5-4-6-9-14/h4-6,8-9,12H,3,7,10-11H2,1-2H3,(H2,17,18,19,20). The molecule has 0 aliphatic carbocycles. The molecular weight excluding hydrogens is 264 g/mol. The first kappa shape index (κ1) is 15.1. The van der Waals surface area contributed by atoms with Crippen molar-refractivity contribution in [3.8, 4) is 5.75 Å². The molecule has 0 bridgehead atoms.